The van der Waals surface area contributed by atoms with E-state index < -0.39 is 0 Å². The standard InChI is InChI=1S/C26H30N4O5/c1-32-18-7-8-20-19(16-18)28-26(23-6-5-11-30(20)23)9-12-29(13-10-26)25(31)27-17-14-21(33-2)24(35-4)22(15-17)34-3/h5-8,11,14-16,28H,9-10,12-13H2,1-4H3,(H,27,31). The molecular formula is C26H30N4O5. The van der Waals surface area contributed by atoms with Crippen molar-refractivity contribution in [2.75, 3.05) is 52.2 Å². The van der Waals surface area contributed by atoms with E-state index in [1.165, 1.54) is 5.69 Å². The third-order valence-corrected chi connectivity index (χ3v) is 6.90. The monoisotopic (exact) mass is 478 g/mol. The minimum atomic E-state index is -0.258. The first-order valence-corrected chi connectivity index (χ1v) is 11.5. The molecule has 2 amide bonds. The second-order valence-electron chi connectivity index (χ2n) is 8.68. The molecular weight excluding hydrogens is 448 g/mol. The van der Waals surface area contributed by atoms with Gasteiger partial charge >= 0.3 is 6.03 Å². The van der Waals surface area contributed by atoms with Crippen molar-refractivity contribution in [2.45, 2.75) is 18.4 Å². The van der Waals surface area contributed by atoms with Crippen LogP contribution in [0, 0.1) is 0 Å². The van der Waals surface area contributed by atoms with Gasteiger partial charge in [-0.25, -0.2) is 4.79 Å². The van der Waals surface area contributed by atoms with E-state index in [4.69, 9.17) is 18.9 Å². The fourth-order valence-corrected chi connectivity index (χ4v) is 5.08. The Kier molecular flexibility index (Phi) is 5.84. The number of hydrogen-bond acceptors (Lipinski definition) is 6. The first-order valence-electron chi connectivity index (χ1n) is 11.5. The van der Waals surface area contributed by atoms with Gasteiger partial charge in [0.05, 0.1) is 51.0 Å². The number of carbonyl (C=O) groups is 1. The molecule has 3 heterocycles. The molecule has 2 aromatic carbocycles. The Hall–Kier alpha value is -4.01. The lowest BCUT2D eigenvalue weighted by Gasteiger charge is -2.46. The van der Waals surface area contributed by atoms with Crippen LogP contribution in [0.2, 0.25) is 0 Å². The number of nitrogens with one attached hydrogen (secondary N) is 2. The number of carbonyl (C=O) groups excluding carboxylic acids is 1. The van der Waals surface area contributed by atoms with Crippen LogP contribution < -0.4 is 29.6 Å². The highest BCUT2D eigenvalue weighted by molar-refractivity contribution is 5.90. The van der Waals surface area contributed by atoms with Crippen molar-refractivity contribution >= 4 is 17.4 Å². The third kappa shape index (κ3) is 3.86. The second-order valence-corrected chi connectivity index (χ2v) is 8.68. The average molecular weight is 479 g/mol. The number of anilines is 2. The third-order valence-electron chi connectivity index (χ3n) is 6.90. The molecule has 1 saturated heterocycles. The van der Waals surface area contributed by atoms with Gasteiger partial charge in [-0.2, -0.15) is 0 Å². The van der Waals surface area contributed by atoms with Crippen molar-refractivity contribution in [1.29, 1.82) is 0 Å². The second kappa shape index (κ2) is 8.98. The van der Waals surface area contributed by atoms with Crippen LogP contribution in [0.4, 0.5) is 16.2 Å². The number of nitrogens with zero attached hydrogens (tertiary/aromatic N) is 2. The minimum absolute atomic E-state index is 0.164. The maximum Gasteiger partial charge on any atom is 0.321 e. The molecule has 0 atom stereocenters. The van der Waals surface area contributed by atoms with Crippen molar-refractivity contribution in [1.82, 2.24) is 9.47 Å². The molecule has 2 aliphatic rings. The minimum Gasteiger partial charge on any atom is -0.497 e. The highest BCUT2D eigenvalue weighted by Gasteiger charge is 2.42. The molecule has 2 aliphatic heterocycles. The number of aromatic nitrogens is 1. The largest absolute Gasteiger partial charge is 0.497 e. The number of piperidine rings is 1. The highest BCUT2D eigenvalue weighted by Crippen LogP contribution is 2.45. The Labute approximate surface area is 204 Å². The van der Waals surface area contributed by atoms with Gasteiger partial charge in [-0.05, 0) is 37.1 Å². The zero-order valence-electron chi connectivity index (χ0n) is 20.4. The number of urea groups is 1. The summed E-state index contributed by atoms with van der Waals surface area (Å²) in [6.45, 7) is 1.21. The van der Waals surface area contributed by atoms with Gasteiger partial charge < -0.3 is 39.0 Å². The van der Waals surface area contributed by atoms with Crippen LogP contribution in [-0.2, 0) is 5.54 Å². The molecule has 5 rings (SSSR count). The van der Waals surface area contributed by atoms with Gasteiger partial charge in [-0.1, -0.05) is 0 Å². The topological polar surface area (TPSA) is 86.2 Å². The van der Waals surface area contributed by atoms with Crippen molar-refractivity contribution in [3.8, 4) is 28.7 Å². The van der Waals surface area contributed by atoms with E-state index in [2.05, 4.69) is 39.6 Å². The van der Waals surface area contributed by atoms with Crippen LogP contribution in [0.1, 0.15) is 18.5 Å². The molecule has 184 valence electrons. The number of hydrogen-bond donors (Lipinski definition) is 2. The molecule has 3 aromatic rings. The maximum atomic E-state index is 13.1. The predicted octanol–water partition coefficient (Wildman–Crippen LogP) is 4.46. The number of methoxy groups -OCH3 is 4. The molecule has 2 N–H and O–H groups in total. The van der Waals surface area contributed by atoms with E-state index in [-0.39, 0.29) is 11.6 Å². The predicted molar refractivity (Wildman–Crippen MR) is 134 cm³/mol. The normalized spacial score (nSPS) is 15.5. The van der Waals surface area contributed by atoms with E-state index in [9.17, 15) is 4.79 Å². The van der Waals surface area contributed by atoms with Crippen LogP contribution in [-0.4, -0.2) is 57.0 Å². The first kappa shape index (κ1) is 22.8. The van der Waals surface area contributed by atoms with Crippen molar-refractivity contribution in [3.05, 3.63) is 54.4 Å². The molecule has 0 bridgehead atoms. The zero-order valence-corrected chi connectivity index (χ0v) is 20.4. The molecule has 1 aromatic heterocycles. The lowest BCUT2D eigenvalue weighted by Crippen LogP contribution is -2.51. The van der Waals surface area contributed by atoms with E-state index in [1.54, 1.807) is 40.6 Å². The van der Waals surface area contributed by atoms with E-state index in [1.807, 2.05) is 17.0 Å². The summed E-state index contributed by atoms with van der Waals surface area (Å²) in [4.78, 5) is 15.0. The highest BCUT2D eigenvalue weighted by atomic mass is 16.5. The Balaban J connectivity index is 1.33. The number of ether oxygens (including phenoxy) is 4. The van der Waals surface area contributed by atoms with Gasteiger partial charge in [0, 0.05) is 43.2 Å². The van der Waals surface area contributed by atoms with Crippen molar-refractivity contribution in [2.24, 2.45) is 0 Å². The summed E-state index contributed by atoms with van der Waals surface area (Å²) in [5.41, 5.74) is 3.66. The fraction of sp³-hybridized carbons (Fsp3) is 0.346. The van der Waals surface area contributed by atoms with Gasteiger partial charge in [-0.15, -0.1) is 0 Å². The molecule has 1 spiro atoms. The summed E-state index contributed by atoms with van der Waals surface area (Å²) in [6, 6.07) is 13.6. The van der Waals surface area contributed by atoms with Gasteiger partial charge in [0.2, 0.25) is 5.75 Å². The molecule has 0 unspecified atom stereocenters. The maximum absolute atomic E-state index is 13.1. The van der Waals surface area contributed by atoms with Crippen LogP contribution in [0.25, 0.3) is 5.69 Å². The van der Waals surface area contributed by atoms with Crippen LogP contribution >= 0.6 is 0 Å². The average Bonchev–Trinajstić information content (AvgIpc) is 3.39. The molecule has 9 heteroatoms. The molecule has 35 heavy (non-hydrogen) atoms. The number of fused-ring (bicyclic) bond motifs is 4. The molecule has 0 radical (unpaired) electrons. The van der Waals surface area contributed by atoms with Gasteiger partial charge in [-0.3, -0.25) is 0 Å². The molecule has 0 aliphatic carbocycles. The quantitative estimate of drug-likeness (QED) is 0.563. The van der Waals surface area contributed by atoms with Gasteiger partial charge in [0.15, 0.2) is 11.5 Å². The lowest BCUT2D eigenvalue weighted by molar-refractivity contribution is 0.174. The van der Waals surface area contributed by atoms with Crippen molar-refractivity contribution < 1.29 is 23.7 Å². The van der Waals surface area contributed by atoms with Gasteiger partial charge in [0.25, 0.3) is 0 Å². The van der Waals surface area contributed by atoms with Crippen LogP contribution in [0.15, 0.2) is 48.7 Å². The SMILES string of the molecule is COc1ccc2c(c1)NC1(CCN(C(=O)Nc3cc(OC)c(OC)c(OC)c3)CC1)c1cccn1-2. The van der Waals surface area contributed by atoms with Gasteiger partial charge in [0.1, 0.15) is 5.75 Å². The van der Waals surface area contributed by atoms with Crippen LogP contribution in [0.3, 0.4) is 0 Å². The Bertz CT molecular complexity index is 1220. The Morgan fingerprint density at radius 1 is 0.943 bits per heavy atom. The molecule has 1 fully saturated rings. The number of amides is 2. The Morgan fingerprint density at radius 3 is 2.29 bits per heavy atom. The van der Waals surface area contributed by atoms with Crippen molar-refractivity contribution in [3.63, 3.8) is 0 Å². The number of likely N-dealkylation sites (tertiary alicyclic amines) is 1. The summed E-state index contributed by atoms with van der Waals surface area (Å²) in [7, 11) is 6.32. The Morgan fingerprint density at radius 2 is 1.66 bits per heavy atom. The molecule has 0 saturated carbocycles. The number of rotatable bonds is 5. The lowest BCUT2D eigenvalue weighted by atomic mass is 9.82. The summed E-state index contributed by atoms with van der Waals surface area (Å²) in [6.07, 6.45) is 3.64. The number of benzene rings is 2. The summed E-state index contributed by atoms with van der Waals surface area (Å²) in [5, 5.41) is 6.75. The molecule has 9 nitrogen and oxygen atoms in total. The summed E-state index contributed by atoms with van der Waals surface area (Å²) in [5.74, 6) is 2.27. The smallest absolute Gasteiger partial charge is 0.321 e. The van der Waals surface area contributed by atoms with E-state index in [0.717, 1.165) is 30.0 Å². The van der Waals surface area contributed by atoms with Crippen LogP contribution in [0.5, 0.6) is 23.0 Å². The summed E-state index contributed by atoms with van der Waals surface area (Å²) >= 11 is 0. The zero-order chi connectivity index (χ0) is 24.6. The summed E-state index contributed by atoms with van der Waals surface area (Å²) < 4.78 is 23.9. The van der Waals surface area contributed by atoms with E-state index in [0.29, 0.717) is 36.0 Å². The fourth-order valence-electron chi connectivity index (χ4n) is 5.08. The first-order chi connectivity index (χ1) is 17.0. The van der Waals surface area contributed by atoms with E-state index >= 15 is 0 Å².